The van der Waals surface area contributed by atoms with Gasteiger partial charge in [-0.15, -0.1) is 0 Å². The van der Waals surface area contributed by atoms with E-state index in [1.54, 1.807) is 6.33 Å². The topological polar surface area (TPSA) is 84.9 Å². The van der Waals surface area contributed by atoms with E-state index in [1.165, 1.54) is 0 Å². The van der Waals surface area contributed by atoms with Crippen LogP contribution in [0.2, 0.25) is 0 Å². The van der Waals surface area contributed by atoms with Crippen LogP contribution in [0.4, 0.5) is 0 Å². The Bertz CT molecular complexity index is 870. The molecule has 0 aliphatic carbocycles. The van der Waals surface area contributed by atoms with Gasteiger partial charge in [-0.2, -0.15) is 0 Å². The second-order valence-corrected chi connectivity index (χ2v) is 5.76. The van der Waals surface area contributed by atoms with Crippen LogP contribution in [0.25, 0.3) is 16.9 Å². The number of hydrogen-bond donors (Lipinski definition) is 2. The predicted molar refractivity (Wildman–Crippen MR) is 91.3 cm³/mol. The fourth-order valence-corrected chi connectivity index (χ4v) is 2.47. The van der Waals surface area contributed by atoms with Gasteiger partial charge in [0, 0.05) is 24.7 Å². The first kappa shape index (κ1) is 15.4. The molecule has 0 saturated carbocycles. The molecule has 0 aliphatic rings. The quantitative estimate of drug-likeness (QED) is 0.775. The van der Waals surface area contributed by atoms with E-state index in [2.05, 4.69) is 28.8 Å². The van der Waals surface area contributed by atoms with E-state index in [0.29, 0.717) is 24.5 Å². The number of H-pyrrole nitrogens is 1. The molecular formula is C17H22N6. The molecule has 1 aromatic carbocycles. The molecule has 6 nitrogen and oxygen atoms in total. The third kappa shape index (κ3) is 2.90. The van der Waals surface area contributed by atoms with Crippen molar-refractivity contribution >= 4 is 11.2 Å². The highest BCUT2D eigenvalue weighted by Gasteiger charge is 2.12. The van der Waals surface area contributed by atoms with Crippen molar-refractivity contribution in [3.05, 3.63) is 47.5 Å². The maximum absolute atomic E-state index is 5.67. The SMILES string of the molecule is CCN=c1ncn(-c2ccc(CN)cc2)c2nc(C(C)C)[nH]c12. The van der Waals surface area contributed by atoms with E-state index in [4.69, 9.17) is 10.7 Å². The van der Waals surface area contributed by atoms with E-state index in [9.17, 15) is 0 Å². The summed E-state index contributed by atoms with van der Waals surface area (Å²) in [5.41, 5.74) is 10.2. The Morgan fingerprint density at radius 3 is 2.61 bits per heavy atom. The van der Waals surface area contributed by atoms with Gasteiger partial charge in [-0.1, -0.05) is 26.0 Å². The number of rotatable bonds is 4. The molecule has 0 fully saturated rings. The van der Waals surface area contributed by atoms with Crippen molar-refractivity contribution in [1.82, 2.24) is 19.5 Å². The Morgan fingerprint density at radius 2 is 2.00 bits per heavy atom. The highest BCUT2D eigenvalue weighted by molar-refractivity contribution is 5.72. The predicted octanol–water partition coefficient (Wildman–Crippen LogP) is 2.25. The van der Waals surface area contributed by atoms with Gasteiger partial charge in [-0.3, -0.25) is 9.56 Å². The van der Waals surface area contributed by atoms with Gasteiger partial charge in [0.15, 0.2) is 11.1 Å². The lowest BCUT2D eigenvalue weighted by Crippen LogP contribution is -2.14. The molecule has 0 radical (unpaired) electrons. The monoisotopic (exact) mass is 310 g/mol. The molecule has 2 heterocycles. The average molecular weight is 310 g/mol. The summed E-state index contributed by atoms with van der Waals surface area (Å²) in [6.07, 6.45) is 1.78. The number of imidazole rings is 1. The first-order valence-corrected chi connectivity index (χ1v) is 7.91. The van der Waals surface area contributed by atoms with Crippen molar-refractivity contribution in [2.75, 3.05) is 6.54 Å². The smallest absolute Gasteiger partial charge is 0.176 e. The fourth-order valence-electron chi connectivity index (χ4n) is 2.47. The van der Waals surface area contributed by atoms with Crippen molar-refractivity contribution in [2.24, 2.45) is 10.7 Å². The van der Waals surface area contributed by atoms with Crippen LogP contribution >= 0.6 is 0 Å². The number of benzene rings is 1. The molecule has 0 unspecified atom stereocenters. The lowest BCUT2D eigenvalue weighted by molar-refractivity contribution is 0.797. The number of fused-ring (bicyclic) bond motifs is 1. The molecule has 2 aromatic heterocycles. The second-order valence-electron chi connectivity index (χ2n) is 5.76. The van der Waals surface area contributed by atoms with Crippen LogP contribution in [0.1, 0.15) is 38.1 Å². The average Bonchev–Trinajstić information content (AvgIpc) is 3.01. The van der Waals surface area contributed by atoms with Gasteiger partial charge < -0.3 is 10.7 Å². The van der Waals surface area contributed by atoms with Gasteiger partial charge in [0.1, 0.15) is 17.7 Å². The van der Waals surface area contributed by atoms with E-state index in [0.717, 1.165) is 28.2 Å². The fraction of sp³-hybridized carbons (Fsp3) is 0.353. The Hall–Kier alpha value is -2.47. The van der Waals surface area contributed by atoms with Crippen LogP contribution in [-0.2, 0) is 6.54 Å². The number of hydrogen-bond acceptors (Lipinski definition) is 4. The van der Waals surface area contributed by atoms with Crippen molar-refractivity contribution in [3.8, 4) is 5.69 Å². The molecule has 3 rings (SSSR count). The summed E-state index contributed by atoms with van der Waals surface area (Å²) < 4.78 is 1.98. The van der Waals surface area contributed by atoms with E-state index in [1.807, 2.05) is 35.8 Å². The molecule has 120 valence electrons. The number of aromatic nitrogens is 4. The van der Waals surface area contributed by atoms with E-state index < -0.39 is 0 Å². The molecule has 0 atom stereocenters. The summed E-state index contributed by atoms with van der Waals surface area (Å²) in [5, 5.41) is 0. The van der Waals surface area contributed by atoms with Gasteiger partial charge in [0.05, 0.1) is 0 Å². The summed E-state index contributed by atoms with van der Waals surface area (Å²) >= 11 is 0. The van der Waals surface area contributed by atoms with Crippen LogP contribution in [0.15, 0.2) is 35.6 Å². The normalized spacial score (nSPS) is 12.5. The Labute approximate surface area is 135 Å². The van der Waals surface area contributed by atoms with Crippen LogP contribution in [0, 0.1) is 0 Å². The summed E-state index contributed by atoms with van der Waals surface area (Å²) in [6.45, 7) is 7.45. The molecule has 0 saturated heterocycles. The van der Waals surface area contributed by atoms with Crippen LogP contribution in [-0.4, -0.2) is 26.1 Å². The Kier molecular flexibility index (Phi) is 4.25. The molecule has 0 amide bonds. The number of aromatic amines is 1. The maximum atomic E-state index is 5.67. The van der Waals surface area contributed by atoms with Crippen molar-refractivity contribution in [2.45, 2.75) is 33.2 Å². The van der Waals surface area contributed by atoms with E-state index >= 15 is 0 Å². The zero-order valence-corrected chi connectivity index (χ0v) is 13.7. The zero-order valence-electron chi connectivity index (χ0n) is 13.7. The van der Waals surface area contributed by atoms with Crippen molar-refractivity contribution in [1.29, 1.82) is 0 Å². The first-order chi connectivity index (χ1) is 11.1. The number of nitrogens with two attached hydrogens (primary N) is 1. The van der Waals surface area contributed by atoms with Crippen LogP contribution < -0.4 is 11.2 Å². The van der Waals surface area contributed by atoms with Crippen LogP contribution in [0.5, 0.6) is 0 Å². The summed E-state index contributed by atoms with van der Waals surface area (Å²) in [6, 6.07) is 8.11. The zero-order chi connectivity index (χ0) is 16.4. The summed E-state index contributed by atoms with van der Waals surface area (Å²) in [4.78, 5) is 17.1. The Balaban J connectivity index is 2.24. The number of nitrogens with zero attached hydrogens (tertiary/aromatic N) is 4. The molecule has 3 aromatic rings. The lowest BCUT2D eigenvalue weighted by Gasteiger charge is -2.08. The van der Waals surface area contributed by atoms with Crippen molar-refractivity contribution in [3.63, 3.8) is 0 Å². The van der Waals surface area contributed by atoms with Gasteiger partial charge in [-0.25, -0.2) is 9.97 Å². The molecular weight excluding hydrogens is 288 g/mol. The Morgan fingerprint density at radius 1 is 1.26 bits per heavy atom. The largest absolute Gasteiger partial charge is 0.337 e. The first-order valence-electron chi connectivity index (χ1n) is 7.91. The molecule has 6 heteroatoms. The third-order valence-corrected chi connectivity index (χ3v) is 3.76. The van der Waals surface area contributed by atoms with E-state index in [-0.39, 0.29) is 0 Å². The molecule has 0 aliphatic heterocycles. The van der Waals surface area contributed by atoms with Gasteiger partial charge >= 0.3 is 0 Å². The molecule has 3 N–H and O–H groups in total. The minimum absolute atomic E-state index is 0.310. The lowest BCUT2D eigenvalue weighted by atomic mass is 10.2. The maximum Gasteiger partial charge on any atom is 0.176 e. The molecule has 0 bridgehead atoms. The van der Waals surface area contributed by atoms with Gasteiger partial charge in [0.25, 0.3) is 0 Å². The molecule has 0 spiro atoms. The summed E-state index contributed by atoms with van der Waals surface area (Å²) in [5.74, 6) is 1.25. The summed E-state index contributed by atoms with van der Waals surface area (Å²) in [7, 11) is 0. The minimum atomic E-state index is 0.310. The highest BCUT2D eigenvalue weighted by atomic mass is 15.1. The van der Waals surface area contributed by atoms with Crippen LogP contribution in [0.3, 0.4) is 0 Å². The minimum Gasteiger partial charge on any atom is -0.337 e. The van der Waals surface area contributed by atoms with Crippen molar-refractivity contribution < 1.29 is 0 Å². The number of nitrogens with one attached hydrogen (secondary N) is 1. The van der Waals surface area contributed by atoms with Gasteiger partial charge in [0.2, 0.25) is 0 Å². The van der Waals surface area contributed by atoms with Gasteiger partial charge in [-0.05, 0) is 24.6 Å². The molecule has 23 heavy (non-hydrogen) atoms. The standard InChI is InChI=1S/C17H22N6/c1-4-19-16-14-17(22-15(21-14)11(2)3)23(10-20-16)13-7-5-12(9-18)6-8-13/h5-8,10-11H,4,9,18H2,1-3H3,(H,21,22). The highest BCUT2D eigenvalue weighted by Crippen LogP contribution is 2.18. The third-order valence-electron chi connectivity index (χ3n) is 3.76. The second kappa shape index (κ2) is 6.34.